The van der Waals surface area contributed by atoms with Gasteiger partial charge in [0.15, 0.2) is 6.61 Å². The molecule has 0 aliphatic heterocycles. The Bertz CT molecular complexity index is 550. The first-order chi connectivity index (χ1) is 8.78. The SMILES string of the molecule is N#CCSc1nnc(COc2ccc(F)cc2)o1. The maximum Gasteiger partial charge on any atom is 0.277 e. The van der Waals surface area contributed by atoms with Gasteiger partial charge >= 0.3 is 0 Å². The zero-order valence-corrected chi connectivity index (χ0v) is 9.98. The quantitative estimate of drug-likeness (QED) is 0.773. The molecule has 0 aliphatic carbocycles. The first-order valence-corrected chi connectivity index (χ1v) is 5.97. The van der Waals surface area contributed by atoms with Crippen LogP contribution in [0.1, 0.15) is 5.89 Å². The van der Waals surface area contributed by atoms with E-state index in [-0.39, 0.29) is 18.2 Å². The monoisotopic (exact) mass is 265 g/mol. The highest BCUT2D eigenvalue weighted by Crippen LogP contribution is 2.17. The van der Waals surface area contributed by atoms with E-state index in [2.05, 4.69) is 10.2 Å². The fourth-order valence-corrected chi connectivity index (χ4v) is 1.57. The van der Waals surface area contributed by atoms with Gasteiger partial charge in [-0.15, -0.1) is 10.2 Å². The second kappa shape index (κ2) is 6.02. The average Bonchev–Trinajstić information content (AvgIpc) is 2.84. The molecular formula is C11H8FN3O2S. The van der Waals surface area contributed by atoms with Crippen LogP contribution in [0.3, 0.4) is 0 Å². The van der Waals surface area contributed by atoms with Crippen LogP contribution in [0.2, 0.25) is 0 Å². The highest BCUT2D eigenvalue weighted by atomic mass is 32.2. The van der Waals surface area contributed by atoms with Gasteiger partial charge in [-0.25, -0.2) is 4.39 Å². The molecule has 0 N–H and O–H groups in total. The summed E-state index contributed by atoms with van der Waals surface area (Å²) in [5, 5.41) is 16.2. The van der Waals surface area contributed by atoms with Crippen LogP contribution in [-0.4, -0.2) is 16.0 Å². The van der Waals surface area contributed by atoms with Crippen molar-refractivity contribution >= 4 is 11.8 Å². The minimum absolute atomic E-state index is 0.103. The molecule has 92 valence electrons. The third-order valence-electron chi connectivity index (χ3n) is 1.88. The summed E-state index contributed by atoms with van der Waals surface area (Å²) in [6.45, 7) is 0.103. The Labute approximate surface area is 107 Å². The topological polar surface area (TPSA) is 71.9 Å². The van der Waals surface area contributed by atoms with Gasteiger partial charge in [0.25, 0.3) is 11.1 Å². The van der Waals surface area contributed by atoms with Crippen molar-refractivity contribution in [3.8, 4) is 11.8 Å². The molecule has 7 heteroatoms. The van der Waals surface area contributed by atoms with E-state index in [0.717, 1.165) is 11.8 Å². The fraction of sp³-hybridized carbons (Fsp3) is 0.182. The summed E-state index contributed by atoms with van der Waals surface area (Å²) in [5.41, 5.74) is 0. The molecule has 18 heavy (non-hydrogen) atoms. The van der Waals surface area contributed by atoms with Gasteiger partial charge < -0.3 is 9.15 Å². The Morgan fingerprint density at radius 2 is 2.11 bits per heavy atom. The van der Waals surface area contributed by atoms with E-state index in [9.17, 15) is 4.39 Å². The van der Waals surface area contributed by atoms with Crippen LogP contribution >= 0.6 is 11.8 Å². The molecule has 0 unspecified atom stereocenters. The number of benzene rings is 1. The van der Waals surface area contributed by atoms with Gasteiger partial charge in [0.1, 0.15) is 11.6 Å². The van der Waals surface area contributed by atoms with Crippen LogP contribution in [0.25, 0.3) is 0 Å². The molecule has 0 fully saturated rings. The molecule has 5 nitrogen and oxygen atoms in total. The van der Waals surface area contributed by atoms with E-state index >= 15 is 0 Å². The van der Waals surface area contributed by atoms with Crippen molar-refractivity contribution in [1.29, 1.82) is 5.26 Å². The number of halogens is 1. The van der Waals surface area contributed by atoms with Crippen molar-refractivity contribution in [3.63, 3.8) is 0 Å². The minimum Gasteiger partial charge on any atom is -0.484 e. The molecule has 1 aromatic carbocycles. The zero-order chi connectivity index (χ0) is 12.8. The van der Waals surface area contributed by atoms with Gasteiger partial charge in [0.2, 0.25) is 0 Å². The van der Waals surface area contributed by atoms with Crippen molar-refractivity contribution in [1.82, 2.24) is 10.2 Å². The van der Waals surface area contributed by atoms with Crippen molar-refractivity contribution < 1.29 is 13.5 Å². The van der Waals surface area contributed by atoms with Crippen molar-refractivity contribution in [2.24, 2.45) is 0 Å². The molecule has 1 heterocycles. The van der Waals surface area contributed by atoms with Gasteiger partial charge in [-0.1, -0.05) is 11.8 Å². The van der Waals surface area contributed by atoms with Crippen LogP contribution in [0.15, 0.2) is 33.9 Å². The number of rotatable bonds is 5. The Balaban J connectivity index is 1.88. The Hall–Kier alpha value is -2.07. The van der Waals surface area contributed by atoms with Crippen molar-refractivity contribution in [2.45, 2.75) is 11.8 Å². The lowest BCUT2D eigenvalue weighted by atomic mass is 10.3. The van der Waals surface area contributed by atoms with E-state index in [1.54, 1.807) is 0 Å². The molecule has 0 bridgehead atoms. The summed E-state index contributed by atoms with van der Waals surface area (Å²) >= 11 is 1.16. The third kappa shape index (κ3) is 3.46. The summed E-state index contributed by atoms with van der Waals surface area (Å²) in [7, 11) is 0. The summed E-state index contributed by atoms with van der Waals surface area (Å²) < 4.78 is 23.2. The highest BCUT2D eigenvalue weighted by Gasteiger charge is 2.07. The first kappa shape index (κ1) is 12.4. The van der Waals surface area contributed by atoms with Crippen LogP contribution < -0.4 is 4.74 Å². The van der Waals surface area contributed by atoms with E-state index in [1.165, 1.54) is 24.3 Å². The molecule has 0 saturated heterocycles. The molecule has 0 saturated carbocycles. The number of nitrogens with zero attached hydrogens (tertiary/aromatic N) is 3. The normalized spacial score (nSPS) is 10.0. The van der Waals surface area contributed by atoms with Crippen LogP contribution in [0.5, 0.6) is 5.75 Å². The number of nitriles is 1. The Kier molecular flexibility index (Phi) is 4.15. The molecule has 0 spiro atoms. The van der Waals surface area contributed by atoms with Crippen molar-refractivity contribution in [2.75, 3.05) is 5.75 Å². The second-order valence-corrected chi connectivity index (χ2v) is 4.08. The lowest BCUT2D eigenvalue weighted by Crippen LogP contribution is -1.95. The number of hydrogen-bond acceptors (Lipinski definition) is 6. The summed E-state index contributed by atoms with van der Waals surface area (Å²) in [6, 6.07) is 7.58. The van der Waals surface area contributed by atoms with Gasteiger partial charge in [-0.05, 0) is 24.3 Å². The van der Waals surface area contributed by atoms with E-state index in [1.807, 2.05) is 6.07 Å². The van der Waals surface area contributed by atoms with E-state index in [0.29, 0.717) is 16.9 Å². The summed E-state index contributed by atoms with van der Waals surface area (Å²) in [6.07, 6.45) is 0. The number of aromatic nitrogens is 2. The van der Waals surface area contributed by atoms with Crippen LogP contribution in [0, 0.1) is 17.1 Å². The molecule has 1 aromatic heterocycles. The van der Waals surface area contributed by atoms with Gasteiger partial charge in [-0.3, -0.25) is 0 Å². The highest BCUT2D eigenvalue weighted by molar-refractivity contribution is 7.99. The zero-order valence-electron chi connectivity index (χ0n) is 9.17. The molecule has 2 rings (SSSR count). The van der Waals surface area contributed by atoms with E-state index in [4.69, 9.17) is 14.4 Å². The average molecular weight is 265 g/mol. The standard InChI is InChI=1S/C11H8FN3O2S/c12-8-1-3-9(4-2-8)16-7-10-14-15-11(17-10)18-6-5-13/h1-4H,6-7H2. The molecular weight excluding hydrogens is 257 g/mol. The summed E-state index contributed by atoms with van der Waals surface area (Å²) in [4.78, 5) is 0. The largest absolute Gasteiger partial charge is 0.484 e. The molecule has 0 radical (unpaired) electrons. The molecule has 2 aromatic rings. The lowest BCUT2D eigenvalue weighted by Gasteiger charge is -2.01. The van der Waals surface area contributed by atoms with Crippen LogP contribution in [0.4, 0.5) is 4.39 Å². The number of hydrogen-bond donors (Lipinski definition) is 0. The second-order valence-electron chi connectivity index (χ2n) is 3.15. The molecule has 0 atom stereocenters. The minimum atomic E-state index is -0.324. The lowest BCUT2D eigenvalue weighted by molar-refractivity contribution is 0.252. The predicted molar refractivity (Wildman–Crippen MR) is 61.4 cm³/mol. The van der Waals surface area contributed by atoms with E-state index < -0.39 is 0 Å². The number of ether oxygens (including phenoxy) is 1. The Morgan fingerprint density at radius 1 is 1.33 bits per heavy atom. The van der Waals surface area contributed by atoms with Crippen molar-refractivity contribution in [3.05, 3.63) is 36.0 Å². The maximum absolute atomic E-state index is 12.6. The molecule has 0 amide bonds. The molecule has 0 aliphatic rings. The third-order valence-corrected chi connectivity index (χ3v) is 2.57. The van der Waals surface area contributed by atoms with Gasteiger partial charge in [0.05, 0.1) is 11.8 Å². The van der Waals surface area contributed by atoms with Crippen LogP contribution in [-0.2, 0) is 6.61 Å². The van der Waals surface area contributed by atoms with Gasteiger partial charge in [-0.2, -0.15) is 5.26 Å². The predicted octanol–water partition coefficient (Wildman–Crippen LogP) is 2.40. The Morgan fingerprint density at radius 3 is 2.83 bits per heavy atom. The summed E-state index contributed by atoms with van der Waals surface area (Å²) in [5.74, 6) is 0.747. The number of thioether (sulfide) groups is 1. The maximum atomic E-state index is 12.6. The fourth-order valence-electron chi connectivity index (χ4n) is 1.12. The smallest absolute Gasteiger partial charge is 0.277 e. The first-order valence-electron chi connectivity index (χ1n) is 4.98. The van der Waals surface area contributed by atoms with Gasteiger partial charge in [0, 0.05) is 0 Å².